The minimum absolute atomic E-state index is 0.215. The van der Waals surface area contributed by atoms with Crippen LogP contribution in [0.15, 0.2) is 103 Å². The Kier molecular flexibility index (Phi) is 8.85. The molecule has 0 unspecified atom stereocenters. The Bertz CT molecular complexity index is 1480. The Morgan fingerprint density at radius 3 is 2.17 bits per heavy atom. The van der Waals surface area contributed by atoms with E-state index in [-0.39, 0.29) is 18.4 Å². The van der Waals surface area contributed by atoms with Crippen LogP contribution < -0.4 is 5.32 Å². The third-order valence-electron chi connectivity index (χ3n) is 7.41. The largest absolute Gasteiger partial charge is 0.394 e. The second-order valence-corrected chi connectivity index (χ2v) is 10.8. The number of hydrogen-bond donors (Lipinski definition) is 2. The number of amides is 2. The highest BCUT2D eigenvalue weighted by atomic mass is 35.5. The zero-order valence-electron chi connectivity index (χ0n) is 21.8. The van der Waals surface area contributed by atoms with E-state index in [1.165, 1.54) is 0 Å². The van der Waals surface area contributed by atoms with Crippen LogP contribution in [0.2, 0.25) is 10.0 Å². The number of carbonyl (C=O) groups is 2. The lowest BCUT2D eigenvalue weighted by atomic mass is 9.78. The molecule has 2 N–H and O–H groups in total. The lowest BCUT2D eigenvalue weighted by molar-refractivity contribution is -0.124. The molecule has 0 aliphatic carbocycles. The molecule has 1 aliphatic heterocycles. The summed E-state index contributed by atoms with van der Waals surface area (Å²) in [7, 11) is 0. The molecule has 204 valence electrons. The third kappa shape index (κ3) is 5.92. The van der Waals surface area contributed by atoms with Gasteiger partial charge in [-0.2, -0.15) is 0 Å². The molecule has 0 aromatic heterocycles. The Balaban J connectivity index is 1.58. The van der Waals surface area contributed by atoms with Gasteiger partial charge in [0, 0.05) is 22.2 Å². The normalized spacial score (nSPS) is 17.3. The van der Waals surface area contributed by atoms with Crippen molar-refractivity contribution in [2.24, 2.45) is 0 Å². The number of nitrogens with zero attached hydrogens (tertiary/aromatic N) is 1. The molecule has 0 saturated heterocycles. The molecule has 0 spiro atoms. The van der Waals surface area contributed by atoms with Crippen LogP contribution in [0.1, 0.15) is 44.6 Å². The number of hydrogen-bond acceptors (Lipinski definition) is 3. The summed E-state index contributed by atoms with van der Waals surface area (Å²) in [5.74, 6) is -1.23. The van der Waals surface area contributed by atoms with Gasteiger partial charge in [0.15, 0.2) is 0 Å². The first-order valence-corrected chi connectivity index (χ1v) is 14.1. The Labute approximate surface area is 244 Å². The molecule has 0 fully saturated rings. The summed E-state index contributed by atoms with van der Waals surface area (Å²) in [6.45, 7) is 0.150. The standard InChI is InChI=1S/C33H30Cl2N2O3/c34-24-15-16-28(29(35)20-24)31-30(32(39)36-18-17-22-9-3-1-4-10-22)26-13-7-8-14-27(26)33(40)37(31)25(21-38)19-23-11-5-2-6-12-23/h1-16,20,25,30-31,38H,17-19,21H2,(H,36,39)/t25-,30-,31+/m1/s1. The maximum atomic E-state index is 14.2. The zero-order valence-corrected chi connectivity index (χ0v) is 23.4. The number of nitrogens with one attached hydrogen (secondary N) is 1. The van der Waals surface area contributed by atoms with Crippen LogP contribution >= 0.6 is 23.2 Å². The van der Waals surface area contributed by atoms with E-state index < -0.39 is 18.0 Å². The van der Waals surface area contributed by atoms with Crippen LogP contribution in [0.5, 0.6) is 0 Å². The van der Waals surface area contributed by atoms with Gasteiger partial charge in [-0.15, -0.1) is 0 Å². The van der Waals surface area contributed by atoms with Crippen LogP contribution in [-0.4, -0.2) is 41.0 Å². The third-order valence-corrected chi connectivity index (χ3v) is 7.98. The summed E-state index contributed by atoms with van der Waals surface area (Å²) in [4.78, 5) is 29.8. The highest BCUT2D eigenvalue weighted by Crippen LogP contribution is 2.46. The van der Waals surface area contributed by atoms with Crippen LogP contribution in [-0.2, 0) is 17.6 Å². The lowest BCUT2D eigenvalue weighted by Gasteiger charge is -2.45. The van der Waals surface area contributed by atoms with Crippen molar-refractivity contribution in [3.8, 4) is 0 Å². The van der Waals surface area contributed by atoms with Crippen LogP contribution in [0.3, 0.4) is 0 Å². The van der Waals surface area contributed by atoms with E-state index in [0.717, 1.165) is 11.1 Å². The molecule has 0 radical (unpaired) electrons. The number of rotatable bonds is 9. The summed E-state index contributed by atoms with van der Waals surface area (Å²) >= 11 is 13.0. The number of aliphatic hydroxyl groups is 1. The first kappa shape index (κ1) is 27.9. The van der Waals surface area contributed by atoms with E-state index >= 15 is 0 Å². The van der Waals surface area contributed by atoms with Gasteiger partial charge in [-0.05, 0) is 53.3 Å². The molecule has 1 aliphatic rings. The summed E-state index contributed by atoms with van der Waals surface area (Å²) in [5, 5.41) is 14.5. The fraction of sp³-hybridized carbons (Fsp3) is 0.212. The molecule has 5 nitrogen and oxygen atoms in total. The minimum atomic E-state index is -0.759. The van der Waals surface area contributed by atoms with Crippen molar-refractivity contribution in [3.05, 3.63) is 141 Å². The fourth-order valence-corrected chi connectivity index (χ4v) is 6.05. The van der Waals surface area contributed by atoms with Gasteiger partial charge in [0.25, 0.3) is 5.91 Å². The predicted molar refractivity (Wildman–Crippen MR) is 159 cm³/mol. The quantitative estimate of drug-likeness (QED) is 0.249. The van der Waals surface area contributed by atoms with E-state index in [1.54, 1.807) is 35.2 Å². The average molecular weight is 574 g/mol. The van der Waals surface area contributed by atoms with Crippen LogP contribution in [0.4, 0.5) is 0 Å². The van der Waals surface area contributed by atoms with Gasteiger partial charge in [-0.3, -0.25) is 9.59 Å². The van der Waals surface area contributed by atoms with Gasteiger partial charge in [0.1, 0.15) is 0 Å². The Morgan fingerprint density at radius 2 is 1.50 bits per heavy atom. The molecule has 1 heterocycles. The van der Waals surface area contributed by atoms with Crippen molar-refractivity contribution in [2.45, 2.75) is 30.8 Å². The molecule has 3 atom stereocenters. The van der Waals surface area contributed by atoms with Gasteiger partial charge in [-0.1, -0.05) is 108 Å². The summed E-state index contributed by atoms with van der Waals surface area (Å²) in [6.07, 6.45) is 1.08. The number of aliphatic hydroxyl groups excluding tert-OH is 1. The molecular formula is C33H30Cl2N2O3. The molecular weight excluding hydrogens is 543 g/mol. The van der Waals surface area contributed by atoms with E-state index in [0.29, 0.717) is 46.1 Å². The van der Waals surface area contributed by atoms with Crippen LogP contribution in [0.25, 0.3) is 0 Å². The van der Waals surface area contributed by atoms with E-state index in [2.05, 4.69) is 5.32 Å². The van der Waals surface area contributed by atoms with Crippen LogP contribution in [0, 0.1) is 0 Å². The average Bonchev–Trinajstić information content (AvgIpc) is 2.97. The fourth-order valence-electron chi connectivity index (χ4n) is 5.53. The number of carbonyl (C=O) groups excluding carboxylic acids is 2. The number of fused-ring (bicyclic) bond motifs is 1. The molecule has 0 saturated carbocycles. The summed E-state index contributed by atoms with van der Waals surface area (Å²) in [5.41, 5.74) is 3.76. The monoisotopic (exact) mass is 572 g/mol. The van der Waals surface area contributed by atoms with Gasteiger partial charge >= 0.3 is 0 Å². The molecule has 7 heteroatoms. The van der Waals surface area contributed by atoms with Crippen molar-refractivity contribution >= 4 is 35.0 Å². The smallest absolute Gasteiger partial charge is 0.255 e. The maximum Gasteiger partial charge on any atom is 0.255 e. The molecule has 4 aromatic rings. The van der Waals surface area contributed by atoms with Crippen molar-refractivity contribution in [2.75, 3.05) is 13.2 Å². The van der Waals surface area contributed by atoms with Gasteiger partial charge in [0.05, 0.1) is 24.6 Å². The predicted octanol–water partition coefficient (Wildman–Crippen LogP) is 6.24. The summed E-state index contributed by atoms with van der Waals surface area (Å²) < 4.78 is 0. The SMILES string of the molecule is O=C(NCCc1ccccc1)[C@@H]1c2ccccc2C(=O)N([C@@H](CO)Cc2ccccc2)[C@H]1c1ccc(Cl)cc1Cl. The van der Waals surface area contributed by atoms with Gasteiger partial charge in [-0.25, -0.2) is 0 Å². The highest BCUT2D eigenvalue weighted by Gasteiger charge is 2.47. The molecule has 0 bridgehead atoms. The molecule has 40 heavy (non-hydrogen) atoms. The zero-order chi connectivity index (χ0) is 28.1. The second kappa shape index (κ2) is 12.7. The van der Waals surface area contributed by atoms with Crippen molar-refractivity contribution in [3.63, 3.8) is 0 Å². The van der Waals surface area contributed by atoms with Gasteiger partial charge in [0.2, 0.25) is 5.91 Å². The maximum absolute atomic E-state index is 14.2. The minimum Gasteiger partial charge on any atom is -0.394 e. The first-order valence-electron chi connectivity index (χ1n) is 13.3. The highest BCUT2D eigenvalue weighted by molar-refractivity contribution is 6.35. The Hall–Kier alpha value is -3.64. The van der Waals surface area contributed by atoms with Crippen molar-refractivity contribution < 1.29 is 14.7 Å². The number of halogens is 2. The Morgan fingerprint density at radius 1 is 0.850 bits per heavy atom. The molecule has 2 amide bonds. The van der Waals surface area contributed by atoms with E-state index in [4.69, 9.17) is 23.2 Å². The first-order chi connectivity index (χ1) is 19.5. The summed E-state index contributed by atoms with van der Waals surface area (Å²) in [6, 6.07) is 30.6. The molecule has 4 aromatic carbocycles. The second-order valence-electron chi connectivity index (χ2n) is 9.94. The van der Waals surface area contributed by atoms with E-state index in [9.17, 15) is 14.7 Å². The lowest BCUT2D eigenvalue weighted by Crippen LogP contribution is -2.53. The van der Waals surface area contributed by atoms with Crippen molar-refractivity contribution in [1.29, 1.82) is 0 Å². The number of benzene rings is 4. The van der Waals surface area contributed by atoms with E-state index in [1.807, 2.05) is 72.8 Å². The topological polar surface area (TPSA) is 69.6 Å². The van der Waals surface area contributed by atoms with Crippen molar-refractivity contribution in [1.82, 2.24) is 10.2 Å². The van der Waals surface area contributed by atoms with Gasteiger partial charge < -0.3 is 15.3 Å². The molecule has 5 rings (SSSR count).